The Labute approximate surface area is 76.7 Å². The van der Waals surface area contributed by atoms with Gasteiger partial charge in [0, 0.05) is 0 Å². The second kappa shape index (κ2) is 5.36. The van der Waals surface area contributed by atoms with Crippen molar-refractivity contribution in [2.45, 2.75) is 6.61 Å². The molecule has 0 aliphatic carbocycles. The molecule has 0 N–H and O–H groups in total. The van der Waals surface area contributed by atoms with Crippen molar-refractivity contribution in [2.24, 2.45) is 0 Å². The van der Waals surface area contributed by atoms with Gasteiger partial charge in [-0.15, -0.1) is 5.26 Å². The van der Waals surface area contributed by atoms with Crippen molar-refractivity contribution in [1.29, 1.82) is 5.26 Å². The second-order valence-electron chi connectivity index (χ2n) is 2.22. The van der Waals surface area contributed by atoms with Crippen molar-refractivity contribution in [3.05, 3.63) is 35.9 Å². The van der Waals surface area contributed by atoms with Crippen molar-refractivity contribution in [3.8, 4) is 6.26 Å². The molecular weight excluding hydrogens is 189 g/mol. The molecule has 4 nitrogen and oxygen atoms in total. The standard InChI is InChI=1S/C8H8NO3P/c9-7-12-13(10)11-6-8-4-2-1-3-5-8/h1-5,13H,6H2. The predicted molar refractivity (Wildman–Crippen MR) is 46.9 cm³/mol. The monoisotopic (exact) mass is 197 g/mol. The Hall–Kier alpha value is -1.30. The molecule has 0 aliphatic rings. The van der Waals surface area contributed by atoms with Crippen molar-refractivity contribution in [1.82, 2.24) is 0 Å². The van der Waals surface area contributed by atoms with Gasteiger partial charge in [0.2, 0.25) is 0 Å². The Morgan fingerprint density at radius 1 is 1.38 bits per heavy atom. The summed E-state index contributed by atoms with van der Waals surface area (Å²) < 4.78 is 19.6. The van der Waals surface area contributed by atoms with Crippen molar-refractivity contribution < 1.29 is 13.6 Å². The Morgan fingerprint density at radius 2 is 2.08 bits per heavy atom. The largest absolute Gasteiger partial charge is 0.377 e. The number of nitrogens with zero attached hydrogens (tertiary/aromatic N) is 1. The Bertz CT molecular complexity index is 320. The molecule has 0 bridgehead atoms. The molecule has 0 aromatic heterocycles. The van der Waals surface area contributed by atoms with E-state index >= 15 is 0 Å². The van der Waals surface area contributed by atoms with Gasteiger partial charge < -0.3 is 4.52 Å². The molecular formula is C8H8NO3P. The highest BCUT2D eigenvalue weighted by Gasteiger charge is 1.98. The summed E-state index contributed by atoms with van der Waals surface area (Å²) in [6.07, 6.45) is 1.31. The third-order valence-corrected chi connectivity index (χ3v) is 1.97. The molecule has 0 saturated heterocycles. The van der Waals surface area contributed by atoms with Crippen LogP contribution in [0.1, 0.15) is 5.56 Å². The zero-order chi connectivity index (χ0) is 9.52. The fourth-order valence-corrected chi connectivity index (χ4v) is 1.20. The fourth-order valence-electron chi connectivity index (χ4n) is 0.783. The van der Waals surface area contributed by atoms with Crippen LogP contribution in [0.3, 0.4) is 0 Å². The minimum atomic E-state index is -2.65. The Balaban J connectivity index is 2.36. The molecule has 0 aliphatic heterocycles. The maximum absolute atomic E-state index is 10.7. The maximum Gasteiger partial charge on any atom is 0.377 e. The number of hydrogen-bond donors (Lipinski definition) is 0. The molecule has 13 heavy (non-hydrogen) atoms. The van der Waals surface area contributed by atoms with Crippen LogP contribution in [-0.2, 0) is 20.2 Å². The minimum absolute atomic E-state index is 0.195. The van der Waals surface area contributed by atoms with E-state index in [0.717, 1.165) is 5.56 Å². The Kier molecular flexibility index (Phi) is 4.04. The minimum Gasteiger partial charge on any atom is -0.351 e. The van der Waals surface area contributed by atoms with Gasteiger partial charge in [0.15, 0.2) is 0 Å². The van der Waals surface area contributed by atoms with E-state index < -0.39 is 8.25 Å². The lowest BCUT2D eigenvalue weighted by Gasteiger charge is -2.00. The van der Waals surface area contributed by atoms with Crippen LogP contribution in [0.15, 0.2) is 30.3 Å². The molecule has 0 amide bonds. The summed E-state index contributed by atoms with van der Waals surface area (Å²) in [6, 6.07) is 9.24. The lowest BCUT2D eigenvalue weighted by Crippen LogP contribution is -1.84. The molecule has 1 rings (SSSR count). The first kappa shape index (κ1) is 9.79. The van der Waals surface area contributed by atoms with E-state index in [1.807, 2.05) is 30.3 Å². The zero-order valence-electron chi connectivity index (χ0n) is 6.77. The number of benzene rings is 1. The van der Waals surface area contributed by atoms with Crippen molar-refractivity contribution >= 4 is 8.25 Å². The van der Waals surface area contributed by atoms with Crippen molar-refractivity contribution in [3.63, 3.8) is 0 Å². The van der Waals surface area contributed by atoms with E-state index in [-0.39, 0.29) is 6.61 Å². The molecule has 1 atom stereocenters. The zero-order valence-corrected chi connectivity index (χ0v) is 7.77. The molecule has 1 aromatic carbocycles. The summed E-state index contributed by atoms with van der Waals surface area (Å²) in [5.41, 5.74) is 0.891. The Morgan fingerprint density at radius 3 is 2.69 bits per heavy atom. The van der Waals surface area contributed by atoms with E-state index in [2.05, 4.69) is 4.52 Å². The average molecular weight is 197 g/mol. The first-order valence-corrected chi connectivity index (χ1v) is 4.82. The van der Waals surface area contributed by atoms with Crippen LogP contribution in [0.5, 0.6) is 0 Å². The van der Waals surface area contributed by atoms with Gasteiger partial charge in [0.25, 0.3) is 6.26 Å². The third-order valence-electron chi connectivity index (χ3n) is 1.33. The first-order chi connectivity index (χ1) is 6.33. The number of nitriles is 1. The summed E-state index contributed by atoms with van der Waals surface area (Å²) in [5, 5.41) is 8.01. The topological polar surface area (TPSA) is 59.3 Å². The molecule has 5 heteroatoms. The maximum atomic E-state index is 10.7. The summed E-state index contributed by atoms with van der Waals surface area (Å²) in [5.74, 6) is 0. The van der Waals surface area contributed by atoms with Crippen LogP contribution in [0, 0.1) is 11.5 Å². The molecule has 1 aromatic rings. The smallest absolute Gasteiger partial charge is 0.351 e. The quantitative estimate of drug-likeness (QED) is 0.547. The molecule has 0 heterocycles. The van der Waals surface area contributed by atoms with E-state index in [9.17, 15) is 4.57 Å². The van der Waals surface area contributed by atoms with E-state index in [0.29, 0.717) is 0 Å². The number of rotatable bonds is 4. The first-order valence-electron chi connectivity index (χ1n) is 3.59. The second-order valence-corrected chi connectivity index (χ2v) is 3.21. The molecule has 0 spiro atoms. The highest BCUT2D eigenvalue weighted by atomic mass is 31.1. The van der Waals surface area contributed by atoms with Crippen molar-refractivity contribution in [2.75, 3.05) is 0 Å². The van der Waals surface area contributed by atoms with Crippen LogP contribution in [-0.4, -0.2) is 0 Å². The van der Waals surface area contributed by atoms with Gasteiger partial charge in [0.1, 0.15) is 0 Å². The van der Waals surface area contributed by atoms with E-state index in [4.69, 9.17) is 9.79 Å². The van der Waals surface area contributed by atoms with Gasteiger partial charge >= 0.3 is 8.25 Å². The average Bonchev–Trinajstić information content (AvgIpc) is 2.17. The molecule has 0 radical (unpaired) electrons. The summed E-state index contributed by atoms with van der Waals surface area (Å²) in [4.78, 5) is 0. The normalized spacial score (nSPS) is 11.6. The van der Waals surface area contributed by atoms with Gasteiger partial charge in [-0.2, -0.15) is 0 Å². The van der Waals surface area contributed by atoms with Crippen LogP contribution >= 0.6 is 8.25 Å². The predicted octanol–water partition coefficient (Wildman–Crippen LogP) is 2.09. The highest BCUT2D eigenvalue weighted by Crippen LogP contribution is 2.24. The summed E-state index contributed by atoms with van der Waals surface area (Å²) in [6.45, 7) is 0.195. The number of hydrogen-bond acceptors (Lipinski definition) is 4. The fraction of sp³-hybridized carbons (Fsp3) is 0.125. The molecule has 0 fully saturated rings. The molecule has 68 valence electrons. The summed E-state index contributed by atoms with van der Waals surface area (Å²) in [7, 11) is -2.65. The van der Waals surface area contributed by atoms with Crippen LogP contribution in [0.2, 0.25) is 0 Å². The van der Waals surface area contributed by atoms with Crippen LogP contribution < -0.4 is 0 Å². The lowest BCUT2D eigenvalue weighted by atomic mass is 10.2. The van der Waals surface area contributed by atoms with Gasteiger partial charge in [-0.3, -0.25) is 4.52 Å². The van der Waals surface area contributed by atoms with E-state index in [1.165, 1.54) is 6.26 Å². The van der Waals surface area contributed by atoms with Gasteiger partial charge in [-0.1, -0.05) is 30.3 Å². The van der Waals surface area contributed by atoms with Gasteiger partial charge in [-0.25, -0.2) is 4.57 Å². The molecule has 1 unspecified atom stereocenters. The van der Waals surface area contributed by atoms with Gasteiger partial charge in [0.05, 0.1) is 6.61 Å². The lowest BCUT2D eigenvalue weighted by molar-refractivity contribution is 0.267. The summed E-state index contributed by atoms with van der Waals surface area (Å²) >= 11 is 0. The van der Waals surface area contributed by atoms with Crippen LogP contribution in [0.25, 0.3) is 0 Å². The van der Waals surface area contributed by atoms with E-state index in [1.54, 1.807) is 0 Å². The molecule has 0 saturated carbocycles. The van der Waals surface area contributed by atoms with Crippen LogP contribution in [0.4, 0.5) is 0 Å². The highest BCUT2D eigenvalue weighted by molar-refractivity contribution is 7.33. The third kappa shape index (κ3) is 3.75. The SMILES string of the molecule is N#CO[PH](=O)OCc1ccccc1. The van der Waals surface area contributed by atoms with Gasteiger partial charge in [-0.05, 0) is 5.56 Å².